The maximum absolute atomic E-state index is 13.6. The molecule has 2 heterocycles. The number of amides is 1. The normalized spacial score (nSPS) is 13.5. The number of nitrogens with zero attached hydrogens (tertiary/aromatic N) is 4. The highest BCUT2D eigenvalue weighted by molar-refractivity contribution is 5.96. The van der Waals surface area contributed by atoms with Gasteiger partial charge >= 0.3 is 0 Å². The summed E-state index contributed by atoms with van der Waals surface area (Å²) in [5.74, 6) is 1.15. The summed E-state index contributed by atoms with van der Waals surface area (Å²) in [6.45, 7) is 3.59. The number of benzene rings is 3. The van der Waals surface area contributed by atoms with Crippen molar-refractivity contribution in [3.8, 4) is 11.6 Å². The van der Waals surface area contributed by atoms with Crippen molar-refractivity contribution in [2.75, 3.05) is 38.2 Å². The number of piperazine rings is 1. The molecule has 3 aromatic carbocycles. The lowest BCUT2D eigenvalue weighted by Gasteiger charge is -2.36. The molecule has 4 aromatic rings. The second kappa shape index (κ2) is 11.0. The number of methoxy groups -OCH3 is 1. The molecule has 1 amide bonds. The standard InChI is InChI=1S/C29H30N4O3/c1-35-27-15-9-8-14-26(27)31-16-18-32(19-17-31)29(34)25-21-33(20-23-10-4-2-5-11-23)30-28(25)36-22-24-12-6-3-7-13-24/h2-15,21H,16-20,22H2,1H3. The molecule has 5 rings (SSSR count). The first kappa shape index (κ1) is 23.5. The van der Waals surface area contributed by atoms with Gasteiger partial charge in [0.2, 0.25) is 5.88 Å². The fourth-order valence-corrected chi connectivity index (χ4v) is 4.45. The zero-order valence-electron chi connectivity index (χ0n) is 20.4. The number of rotatable bonds is 8. The fraction of sp³-hybridized carbons (Fsp3) is 0.241. The van der Waals surface area contributed by atoms with Crippen LogP contribution in [0.15, 0.2) is 91.1 Å². The second-order valence-electron chi connectivity index (χ2n) is 8.76. The van der Waals surface area contributed by atoms with E-state index in [1.54, 1.807) is 11.8 Å². The molecule has 7 heteroatoms. The summed E-state index contributed by atoms with van der Waals surface area (Å²) in [6, 6.07) is 28.0. The minimum absolute atomic E-state index is 0.0583. The molecule has 1 aliphatic rings. The Morgan fingerprint density at radius 1 is 0.833 bits per heavy atom. The predicted octanol–water partition coefficient (Wildman–Crippen LogP) is 4.48. The number of anilines is 1. The smallest absolute Gasteiger partial charge is 0.261 e. The summed E-state index contributed by atoms with van der Waals surface area (Å²) in [6.07, 6.45) is 1.81. The first-order valence-electron chi connectivity index (χ1n) is 12.2. The van der Waals surface area contributed by atoms with Crippen LogP contribution in [0.3, 0.4) is 0 Å². The largest absolute Gasteiger partial charge is 0.495 e. The van der Waals surface area contributed by atoms with E-state index in [0.29, 0.717) is 37.7 Å². The van der Waals surface area contributed by atoms with Crippen molar-refractivity contribution in [3.63, 3.8) is 0 Å². The van der Waals surface area contributed by atoms with Crippen LogP contribution in [0.2, 0.25) is 0 Å². The van der Waals surface area contributed by atoms with Crippen molar-refractivity contribution in [3.05, 3.63) is 108 Å². The maximum atomic E-state index is 13.6. The Labute approximate surface area is 211 Å². The lowest BCUT2D eigenvalue weighted by molar-refractivity contribution is 0.0741. The highest BCUT2D eigenvalue weighted by Crippen LogP contribution is 2.29. The zero-order valence-corrected chi connectivity index (χ0v) is 20.4. The molecule has 0 saturated carbocycles. The van der Waals surface area contributed by atoms with Gasteiger partial charge in [0, 0.05) is 32.4 Å². The fourth-order valence-electron chi connectivity index (χ4n) is 4.45. The third kappa shape index (κ3) is 5.35. The van der Waals surface area contributed by atoms with E-state index in [1.165, 1.54) is 0 Å². The van der Waals surface area contributed by atoms with Gasteiger partial charge in [-0.05, 0) is 23.3 Å². The lowest BCUT2D eigenvalue weighted by atomic mass is 10.2. The Morgan fingerprint density at radius 3 is 2.17 bits per heavy atom. The molecule has 36 heavy (non-hydrogen) atoms. The summed E-state index contributed by atoms with van der Waals surface area (Å²) in [4.78, 5) is 17.8. The number of hydrogen-bond donors (Lipinski definition) is 0. The molecule has 0 N–H and O–H groups in total. The van der Waals surface area contributed by atoms with Gasteiger partial charge in [-0.2, -0.15) is 0 Å². The molecule has 0 aliphatic carbocycles. The molecule has 0 atom stereocenters. The molecule has 7 nitrogen and oxygen atoms in total. The molecular formula is C29H30N4O3. The van der Waals surface area contributed by atoms with Gasteiger partial charge in [0.1, 0.15) is 17.9 Å². The number of ether oxygens (including phenoxy) is 2. The van der Waals surface area contributed by atoms with E-state index in [1.807, 2.05) is 90.0 Å². The van der Waals surface area contributed by atoms with Crippen LogP contribution in [-0.4, -0.2) is 53.9 Å². The van der Waals surface area contributed by atoms with E-state index in [0.717, 1.165) is 35.7 Å². The van der Waals surface area contributed by atoms with Crippen LogP contribution in [-0.2, 0) is 13.2 Å². The van der Waals surface area contributed by atoms with Gasteiger partial charge in [-0.3, -0.25) is 9.48 Å². The third-order valence-electron chi connectivity index (χ3n) is 6.36. The molecule has 0 radical (unpaired) electrons. The Balaban J connectivity index is 1.32. The molecule has 1 saturated heterocycles. The van der Waals surface area contributed by atoms with Crippen LogP contribution in [0.5, 0.6) is 11.6 Å². The first-order chi connectivity index (χ1) is 17.7. The van der Waals surface area contributed by atoms with Crippen molar-refractivity contribution in [1.29, 1.82) is 0 Å². The van der Waals surface area contributed by atoms with Crippen molar-refractivity contribution < 1.29 is 14.3 Å². The minimum Gasteiger partial charge on any atom is -0.495 e. The highest BCUT2D eigenvalue weighted by Gasteiger charge is 2.27. The van der Waals surface area contributed by atoms with Crippen molar-refractivity contribution in [2.45, 2.75) is 13.2 Å². The van der Waals surface area contributed by atoms with Gasteiger partial charge in [0.05, 0.1) is 19.3 Å². The monoisotopic (exact) mass is 482 g/mol. The number of para-hydroxylation sites is 2. The van der Waals surface area contributed by atoms with Gasteiger partial charge in [-0.25, -0.2) is 0 Å². The molecule has 1 aliphatic heterocycles. The maximum Gasteiger partial charge on any atom is 0.261 e. The molecule has 184 valence electrons. The Hall–Kier alpha value is -4.26. The van der Waals surface area contributed by atoms with Gasteiger partial charge in [-0.15, -0.1) is 5.10 Å². The average Bonchev–Trinajstić information content (AvgIpc) is 3.35. The van der Waals surface area contributed by atoms with E-state index in [4.69, 9.17) is 9.47 Å². The van der Waals surface area contributed by atoms with E-state index in [-0.39, 0.29) is 5.91 Å². The first-order valence-corrected chi connectivity index (χ1v) is 12.2. The SMILES string of the molecule is COc1ccccc1N1CCN(C(=O)c2cn(Cc3ccccc3)nc2OCc2ccccc2)CC1. The van der Waals surface area contributed by atoms with E-state index < -0.39 is 0 Å². The predicted molar refractivity (Wildman–Crippen MR) is 140 cm³/mol. The number of carbonyl (C=O) groups excluding carboxylic acids is 1. The van der Waals surface area contributed by atoms with E-state index >= 15 is 0 Å². The number of hydrogen-bond acceptors (Lipinski definition) is 5. The van der Waals surface area contributed by atoms with Crippen molar-refractivity contribution in [2.24, 2.45) is 0 Å². The average molecular weight is 483 g/mol. The van der Waals surface area contributed by atoms with Crippen molar-refractivity contribution in [1.82, 2.24) is 14.7 Å². The molecular weight excluding hydrogens is 452 g/mol. The van der Waals surface area contributed by atoms with E-state index in [9.17, 15) is 4.79 Å². The molecule has 0 bridgehead atoms. The van der Waals surface area contributed by atoms with Gasteiger partial charge in [-0.1, -0.05) is 72.8 Å². The topological polar surface area (TPSA) is 59.8 Å². The Kier molecular flexibility index (Phi) is 7.17. The summed E-state index contributed by atoms with van der Waals surface area (Å²) >= 11 is 0. The van der Waals surface area contributed by atoms with Crippen LogP contribution in [0.25, 0.3) is 0 Å². The molecule has 0 spiro atoms. The zero-order chi connectivity index (χ0) is 24.7. The minimum atomic E-state index is -0.0583. The summed E-state index contributed by atoms with van der Waals surface area (Å²) < 4.78 is 13.4. The third-order valence-corrected chi connectivity index (χ3v) is 6.36. The summed E-state index contributed by atoms with van der Waals surface area (Å²) in [5, 5.41) is 4.64. The van der Waals surface area contributed by atoms with E-state index in [2.05, 4.69) is 16.1 Å². The Bertz CT molecular complexity index is 1280. The van der Waals surface area contributed by atoms with Crippen molar-refractivity contribution >= 4 is 11.6 Å². The van der Waals surface area contributed by atoms with Crippen LogP contribution in [0.4, 0.5) is 5.69 Å². The molecule has 0 unspecified atom stereocenters. The van der Waals surface area contributed by atoms with Gasteiger partial charge < -0.3 is 19.3 Å². The summed E-state index contributed by atoms with van der Waals surface area (Å²) in [5.41, 5.74) is 3.68. The number of carbonyl (C=O) groups is 1. The quantitative estimate of drug-likeness (QED) is 0.371. The van der Waals surface area contributed by atoms with Crippen LogP contribution in [0, 0.1) is 0 Å². The van der Waals surface area contributed by atoms with Gasteiger partial charge in [0.15, 0.2) is 0 Å². The summed E-state index contributed by atoms with van der Waals surface area (Å²) in [7, 11) is 1.68. The molecule has 1 aromatic heterocycles. The second-order valence-corrected chi connectivity index (χ2v) is 8.76. The molecule has 1 fully saturated rings. The van der Waals surface area contributed by atoms with Gasteiger partial charge in [0.25, 0.3) is 5.91 Å². The van der Waals surface area contributed by atoms with Crippen LogP contribution in [0.1, 0.15) is 21.5 Å². The van der Waals surface area contributed by atoms with Crippen LogP contribution < -0.4 is 14.4 Å². The highest BCUT2D eigenvalue weighted by atomic mass is 16.5. The number of aromatic nitrogens is 2. The Morgan fingerprint density at radius 2 is 1.47 bits per heavy atom. The van der Waals surface area contributed by atoms with Crippen LogP contribution >= 0.6 is 0 Å². The lowest BCUT2D eigenvalue weighted by Crippen LogP contribution is -2.48.